The second-order valence-electron chi connectivity index (χ2n) is 7.53. The first-order chi connectivity index (χ1) is 14.1. The van der Waals surface area contributed by atoms with E-state index in [4.69, 9.17) is 10.7 Å². The van der Waals surface area contributed by atoms with Crippen LogP contribution in [0.2, 0.25) is 0 Å². The number of hydrogen-bond donors (Lipinski definition) is 2. The third-order valence-electron chi connectivity index (χ3n) is 5.49. The van der Waals surface area contributed by atoms with Crippen LogP contribution in [0.15, 0.2) is 36.7 Å². The van der Waals surface area contributed by atoms with E-state index in [1.807, 2.05) is 18.2 Å². The molecule has 4 aromatic rings. The third kappa shape index (κ3) is 3.05. The number of aliphatic hydroxyl groups is 1. The molecule has 148 valence electrons. The maximum Gasteiger partial charge on any atom is 0.164 e. The van der Waals surface area contributed by atoms with Crippen LogP contribution in [-0.4, -0.2) is 42.9 Å². The predicted molar refractivity (Wildman–Crippen MR) is 113 cm³/mol. The van der Waals surface area contributed by atoms with Crippen LogP contribution in [0.3, 0.4) is 0 Å². The van der Waals surface area contributed by atoms with Crippen molar-refractivity contribution in [2.75, 3.05) is 23.7 Å². The molecule has 5 rings (SSSR count). The Bertz CT molecular complexity index is 1190. The van der Waals surface area contributed by atoms with Gasteiger partial charge < -0.3 is 15.7 Å². The lowest BCUT2D eigenvalue weighted by Crippen LogP contribution is -2.21. The van der Waals surface area contributed by atoms with E-state index in [2.05, 4.69) is 32.1 Å². The van der Waals surface area contributed by atoms with Gasteiger partial charge in [0.25, 0.3) is 0 Å². The minimum absolute atomic E-state index is 0.327. The van der Waals surface area contributed by atoms with Gasteiger partial charge in [-0.15, -0.1) is 0 Å². The number of nitrogens with zero attached hydrogens (tertiary/aromatic N) is 6. The van der Waals surface area contributed by atoms with Crippen LogP contribution in [0.4, 0.5) is 11.6 Å². The molecular formula is C21H23N7O. The van der Waals surface area contributed by atoms with E-state index in [1.54, 1.807) is 11.6 Å². The summed E-state index contributed by atoms with van der Waals surface area (Å²) in [5.74, 6) is 1.32. The van der Waals surface area contributed by atoms with Crippen molar-refractivity contribution in [3.63, 3.8) is 0 Å². The number of aliphatic hydroxyl groups excluding tert-OH is 1. The fraction of sp³-hybridized carbons (Fsp3) is 0.333. The molecule has 0 spiro atoms. The van der Waals surface area contributed by atoms with Gasteiger partial charge in [0.2, 0.25) is 0 Å². The van der Waals surface area contributed by atoms with Crippen molar-refractivity contribution in [2.45, 2.75) is 32.4 Å². The predicted octanol–water partition coefficient (Wildman–Crippen LogP) is 2.66. The Kier molecular flexibility index (Phi) is 4.28. The number of aromatic nitrogens is 5. The van der Waals surface area contributed by atoms with Crippen molar-refractivity contribution < 1.29 is 5.11 Å². The average Bonchev–Trinajstić information content (AvgIpc) is 3.37. The van der Waals surface area contributed by atoms with E-state index in [-0.39, 0.29) is 0 Å². The molecule has 0 amide bonds. The van der Waals surface area contributed by atoms with Crippen LogP contribution in [0, 0.1) is 0 Å². The highest BCUT2D eigenvalue weighted by atomic mass is 16.3. The zero-order chi connectivity index (χ0) is 20.0. The fourth-order valence-electron chi connectivity index (χ4n) is 4.09. The Morgan fingerprint density at radius 3 is 2.76 bits per heavy atom. The van der Waals surface area contributed by atoms with Gasteiger partial charge in [0.15, 0.2) is 5.65 Å². The molecule has 0 aliphatic carbocycles. The lowest BCUT2D eigenvalue weighted by molar-refractivity contribution is 0.194. The summed E-state index contributed by atoms with van der Waals surface area (Å²) in [6.45, 7) is 4.17. The Morgan fingerprint density at radius 1 is 1.17 bits per heavy atom. The van der Waals surface area contributed by atoms with Gasteiger partial charge in [0, 0.05) is 24.0 Å². The molecule has 1 aliphatic rings. The maximum absolute atomic E-state index is 10.2. The highest BCUT2D eigenvalue weighted by Crippen LogP contribution is 2.30. The van der Waals surface area contributed by atoms with Gasteiger partial charge in [-0.2, -0.15) is 5.10 Å². The molecule has 3 N–H and O–H groups in total. The summed E-state index contributed by atoms with van der Waals surface area (Å²) in [7, 11) is 0. The normalized spacial score (nSPS) is 15.4. The van der Waals surface area contributed by atoms with E-state index in [9.17, 15) is 5.11 Å². The lowest BCUT2D eigenvalue weighted by Gasteiger charge is -2.21. The molecule has 0 saturated carbocycles. The number of nitrogen functional groups attached to an aromatic ring is 1. The molecular weight excluding hydrogens is 366 g/mol. The average molecular weight is 389 g/mol. The van der Waals surface area contributed by atoms with Crippen molar-refractivity contribution in [3.8, 4) is 0 Å². The van der Waals surface area contributed by atoms with E-state index in [0.717, 1.165) is 35.4 Å². The Morgan fingerprint density at radius 2 is 1.97 bits per heavy atom. The first kappa shape index (κ1) is 17.8. The van der Waals surface area contributed by atoms with Crippen molar-refractivity contribution >= 4 is 33.6 Å². The molecule has 1 fully saturated rings. The minimum atomic E-state index is -0.764. The minimum Gasteiger partial charge on any atom is -0.387 e. The first-order valence-electron chi connectivity index (χ1n) is 9.90. The van der Waals surface area contributed by atoms with E-state index in [0.29, 0.717) is 29.1 Å². The Labute approximate surface area is 168 Å². The number of fused-ring (bicyclic) bond motifs is 2. The van der Waals surface area contributed by atoms with Crippen molar-refractivity contribution in [1.82, 2.24) is 24.7 Å². The zero-order valence-electron chi connectivity index (χ0n) is 16.3. The largest absolute Gasteiger partial charge is 0.387 e. The first-order valence-corrected chi connectivity index (χ1v) is 9.90. The molecule has 4 heterocycles. The molecule has 0 radical (unpaired) electrons. The summed E-state index contributed by atoms with van der Waals surface area (Å²) >= 11 is 0. The molecule has 0 unspecified atom stereocenters. The van der Waals surface area contributed by atoms with Crippen molar-refractivity contribution in [1.29, 1.82) is 0 Å². The van der Waals surface area contributed by atoms with Crippen molar-refractivity contribution in [2.24, 2.45) is 0 Å². The zero-order valence-corrected chi connectivity index (χ0v) is 16.3. The quantitative estimate of drug-likeness (QED) is 0.553. The fourth-order valence-corrected chi connectivity index (χ4v) is 4.09. The van der Waals surface area contributed by atoms with Crippen LogP contribution in [-0.2, 0) is 6.54 Å². The summed E-state index contributed by atoms with van der Waals surface area (Å²) in [6.07, 6.45) is 3.02. The molecule has 1 saturated heterocycles. The molecule has 3 aromatic heterocycles. The van der Waals surface area contributed by atoms with Crippen LogP contribution in [0.5, 0.6) is 0 Å². The molecule has 8 nitrogen and oxygen atoms in total. The standard InChI is InChI=1S/C21H23N7O/c1-13(29)18-17-19(22)23-12-24-21(17)28(26-18)11-15-10-14-6-2-3-7-16(14)25-20(15)27-8-4-5-9-27/h2-3,6-7,10,12-13,29H,4-5,8-9,11H2,1H3,(H2,22,23,24)/t13-/m1/s1. The summed E-state index contributed by atoms with van der Waals surface area (Å²) in [5, 5.41) is 16.5. The third-order valence-corrected chi connectivity index (χ3v) is 5.49. The molecule has 1 aliphatic heterocycles. The highest BCUT2D eigenvalue weighted by molar-refractivity contribution is 5.88. The summed E-state index contributed by atoms with van der Waals surface area (Å²) < 4.78 is 1.79. The smallest absolute Gasteiger partial charge is 0.164 e. The summed E-state index contributed by atoms with van der Waals surface area (Å²) in [6, 6.07) is 10.3. The summed E-state index contributed by atoms with van der Waals surface area (Å²) in [5.41, 5.74) is 9.24. The van der Waals surface area contributed by atoms with Crippen LogP contribution in [0.1, 0.15) is 37.1 Å². The number of para-hydroxylation sites is 1. The van der Waals surface area contributed by atoms with Gasteiger partial charge in [-0.1, -0.05) is 18.2 Å². The summed E-state index contributed by atoms with van der Waals surface area (Å²) in [4.78, 5) is 15.8. The van der Waals surface area contributed by atoms with Crippen LogP contribution < -0.4 is 10.6 Å². The molecule has 1 aromatic carbocycles. The number of pyridine rings is 1. The monoisotopic (exact) mass is 389 g/mol. The van der Waals surface area contributed by atoms with Crippen LogP contribution in [0.25, 0.3) is 21.9 Å². The molecule has 8 heteroatoms. The van der Waals surface area contributed by atoms with Gasteiger partial charge >= 0.3 is 0 Å². The van der Waals surface area contributed by atoms with E-state index >= 15 is 0 Å². The Hall–Kier alpha value is -3.26. The number of benzene rings is 1. The maximum atomic E-state index is 10.2. The van der Waals surface area contributed by atoms with Gasteiger partial charge in [0.05, 0.1) is 23.6 Å². The molecule has 0 bridgehead atoms. The number of nitrogens with two attached hydrogens (primary N) is 1. The second-order valence-corrected chi connectivity index (χ2v) is 7.53. The van der Waals surface area contributed by atoms with E-state index in [1.165, 1.54) is 19.2 Å². The molecule has 1 atom stereocenters. The highest BCUT2D eigenvalue weighted by Gasteiger charge is 2.22. The lowest BCUT2D eigenvalue weighted by atomic mass is 10.1. The topological polar surface area (TPSA) is 106 Å². The van der Waals surface area contributed by atoms with Gasteiger partial charge in [-0.25, -0.2) is 19.6 Å². The van der Waals surface area contributed by atoms with E-state index < -0.39 is 6.10 Å². The Balaban J connectivity index is 1.67. The van der Waals surface area contributed by atoms with Crippen LogP contribution >= 0.6 is 0 Å². The number of rotatable bonds is 4. The van der Waals surface area contributed by atoms with Crippen molar-refractivity contribution in [3.05, 3.63) is 47.9 Å². The number of anilines is 2. The second kappa shape index (κ2) is 6.97. The van der Waals surface area contributed by atoms with Gasteiger partial charge in [0.1, 0.15) is 23.7 Å². The number of hydrogen-bond acceptors (Lipinski definition) is 7. The van der Waals surface area contributed by atoms with Gasteiger partial charge in [-0.05, 0) is 31.9 Å². The molecule has 29 heavy (non-hydrogen) atoms. The van der Waals surface area contributed by atoms with Gasteiger partial charge in [-0.3, -0.25) is 0 Å². The SMILES string of the molecule is C[C@@H](O)c1nn(Cc2cc3ccccc3nc2N2CCCC2)c2ncnc(N)c12.